The monoisotopic (exact) mass is 410 g/mol. The topological polar surface area (TPSA) is 70.9 Å². The van der Waals surface area contributed by atoms with E-state index in [4.69, 9.17) is 0 Å². The van der Waals surface area contributed by atoms with Gasteiger partial charge in [0, 0.05) is 5.69 Å². The van der Waals surface area contributed by atoms with Crippen LogP contribution in [-0.4, -0.2) is 50.9 Å². The maximum absolute atomic E-state index is 13.0. The number of amides is 1. The number of sulfonamides is 1. The van der Waals surface area contributed by atoms with Crippen molar-refractivity contribution >= 4 is 21.6 Å². The van der Waals surface area contributed by atoms with Crippen molar-refractivity contribution in [3.63, 3.8) is 0 Å². The standard InChI is InChI=1S/C19H21F2N3O3S/c1-14(19(25)22-17-6-2-15(20)3-7-17)23-10-12-24(13-11-23)28(26,27)18-8-4-16(21)5-9-18/h2-9,14H,10-13H2,1H3,(H,22,25)/p+1/t14-/m1/s1. The van der Waals surface area contributed by atoms with Crippen LogP contribution in [-0.2, 0) is 14.8 Å². The van der Waals surface area contributed by atoms with Gasteiger partial charge < -0.3 is 10.2 Å². The molecule has 1 amide bonds. The maximum atomic E-state index is 13.0. The van der Waals surface area contributed by atoms with E-state index >= 15 is 0 Å². The Morgan fingerprint density at radius 3 is 2.04 bits per heavy atom. The average molecular weight is 410 g/mol. The summed E-state index contributed by atoms with van der Waals surface area (Å²) in [5.41, 5.74) is 0.509. The number of quaternary nitrogens is 1. The summed E-state index contributed by atoms with van der Waals surface area (Å²) in [6.45, 7) is 3.25. The van der Waals surface area contributed by atoms with Gasteiger partial charge in [-0.05, 0) is 55.5 Å². The van der Waals surface area contributed by atoms with Crippen LogP contribution in [0.3, 0.4) is 0 Å². The molecule has 150 valence electrons. The molecule has 0 radical (unpaired) electrons. The molecular formula is C19H22F2N3O3S+. The molecule has 28 heavy (non-hydrogen) atoms. The highest BCUT2D eigenvalue weighted by atomic mass is 32.2. The van der Waals surface area contributed by atoms with Gasteiger partial charge in [0.15, 0.2) is 6.04 Å². The van der Waals surface area contributed by atoms with Gasteiger partial charge in [0.05, 0.1) is 31.1 Å². The molecule has 0 aliphatic carbocycles. The second kappa shape index (κ2) is 8.34. The largest absolute Gasteiger partial charge is 0.323 e. The van der Waals surface area contributed by atoms with Gasteiger partial charge in [-0.15, -0.1) is 0 Å². The number of nitrogens with zero attached hydrogens (tertiary/aromatic N) is 1. The van der Waals surface area contributed by atoms with Crippen molar-refractivity contribution in [1.29, 1.82) is 0 Å². The Labute approximate surface area is 162 Å². The van der Waals surface area contributed by atoms with Crippen molar-refractivity contribution in [3.8, 4) is 0 Å². The SMILES string of the molecule is C[C@H](C(=O)Nc1ccc(F)cc1)[NH+]1CCN(S(=O)(=O)c2ccc(F)cc2)CC1. The number of nitrogens with one attached hydrogen (secondary N) is 2. The first-order valence-electron chi connectivity index (χ1n) is 8.94. The smallest absolute Gasteiger partial charge is 0.282 e. The van der Waals surface area contributed by atoms with Gasteiger partial charge >= 0.3 is 0 Å². The predicted octanol–water partition coefficient (Wildman–Crippen LogP) is 0.881. The summed E-state index contributed by atoms with van der Waals surface area (Å²) >= 11 is 0. The molecule has 0 bridgehead atoms. The van der Waals surface area contributed by atoms with Crippen LogP contribution >= 0.6 is 0 Å². The van der Waals surface area contributed by atoms with Crippen molar-refractivity contribution in [2.75, 3.05) is 31.5 Å². The van der Waals surface area contributed by atoms with E-state index in [2.05, 4.69) is 5.32 Å². The van der Waals surface area contributed by atoms with E-state index in [0.29, 0.717) is 18.8 Å². The van der Waals surface area contributed by atoms with Crippen LogP contribution in [0.4, 0.5) is 14.5 Å². The molecule has 1 saturated heterocycles. The van der Waals surface area contributed by atoms with E-state index in [1.165, 1.54) is 40.7 Å². The molecule has 0 unspecified atom stereocenters. The summed E-state index contributed by atoms with van der Waals surface area (Å²) in [5, 5.41) is 2.74. The number of halogens is 2. The number of rotatable bonds is 5. The summed E-state index contributed by atoms with van der Waals surface area (Å²) < 4.78 is 52.7. The second-order valence-corrected chi connectivity index (χ2v) is 8.67. The molecule has 2 aromatic rings. The summed E-state index contributed by atoms with van der Waals surface area (Å²) in [5.74, 6) is -1.08. The zero-order chi connectivity index (χ0) is 20.3. The van der Waals surface area contributed by atoms with Crippen molar-refractivity contribution in [2.24, 2.45) is 0 Å². The lowest BCUT2D eigenvalue weighted by Gasteiger charge is -2.34. The van der Waals surface area contributed by atoms with Crippen molar-refractivity contribution < 1.29 is 26.9 Å². The number of hydrogen-bond acceptors (Lipinski definition) is 3. The number of carbonyl (C=O) groups excluding carboxylic acids is 1. The van der Waals surface area contributed by atoms with Crippen LogP contribution in [0.25, 0.3) is 0 Å². The van der Waals surface area contributed by atoms with Crippen LogP contribution in [0.5, 0.6) is 0 Å². The number of carbonyl (C=O) groups is 1. The van der Waals surface area contributed by atoms with Gasteiger partial charge in [-0.3, -0.25) is 4.79 Å². The third-order valence-corrected chi connectivity index (χ3v) is 6.85. The van der Waals surface area contributed by atoms with E-state index in [1.807, 2.05) is 0 Å². The molecule has 6 nitrogen and oxygen atoms in total. The zero-order valence-electron chi connectivity index (χ0n) is 15.4. The number of piperazine rings is 1. The highest BCUT2D eigenvalue weighted by Gasteiger charge is 2.34. The van der Waals surface area contributed by atoms with E-state index < -0.39 is 15.8 Å². The molecule has 0 spiro atoms. The third kappa shape index (κ3) is 4.54. The highest BCUT2D eigenvalue weighted by Crippen LogP contribution is 2.16. The molecule has 1 aliphatic rings. The first-order valence-corrected chi connectivity index (χ1v) is 10.4. The second-order valence-electron chi connectivity index (χ2n) is 6.73. The Morgan fingerprint density at radius 1 is 1.00 bits per heavy atom. The zero-order valence-corrected chi connectivity index (χ0v) is 16.2. The number of anilines is 1. The van der Waals surface area contributed by atoms with Crippen molar-refractivity contribution in [2.45, 2.75) is 17.9 Å². The van der Waals surface area contributed by atoms with E-state index in [0.717, 1.165) is 17.0 Å². The van der Waals surface area contributed by atoms with Crippen LogP contribution < -0.4 is 10.2 Å². The Morgan fingerprint density at radius 2 is 1.50 bits per heavy atom. The van der Waals surface area contributed by atoms with Crippen LogP contribution in [0.1, 0.15) is 6.92 Å². The summed E-state index contributed by atoms with van der Waals surface area (Å²) in [6.07, 6.45) is 0. The van der Waals surface area contributed by atoms with Crippen molar-refractivity contribution in [1.82, 2.24) is 4.31 Å². The minimum atomic E-state index is -3.68. The molecule has 1 aliphatic heterocycles. The quantitative estimate of drug-likeness (QED) is 0.769. The third-order valence-electron chi connectivity index (χ3n) is 4.93. The molecule has 1 atom stereocenters. The van der Waals surface area contributed by atoms with Crippen LogP contribution in [0, 0.1) is 11.6 Å². The minimum absolute atomic E-state index is 0.0550. The fraction of sp³-hybridized carbons (Fsp3) is 0.316. The molecule has 0 saturated carbocycles. The van der Waals surface area contributed by atoms with Gasteiger partial charge in [-0.2, -0.15) is 4.31 Å². The maximum Gasteiger partial charge on any atom is 0.282 e. The van der Waals surface area contributed by atoms with Crippen LogP contribution in [0.15, 0.2) is 53.4 Å². The summed E-state index contributed by atoms with van der Waals surface area (Å²) in [4.78, 5) is 13.5. The molecule has 0 aromatic heterocycles. The minimum Gasteiger partial charge on any atom is -0.323 e. The van der Waals surface area contributed by atoms with Gasteiger partial charge in [0.2, 0.25) is 10.0 Å². The molecule has 9 heteroatoms. The van der Waals surface area contributed by atoms with Crippen molar-refractivity contribution in [3.05, 3.63) is 60.2 Å². The lowest BCUT2D eigenvalue weighted by atomic mass is 10.2. The normalized spacial score (nSPS) is 17.2. The molecule has 1 fully saturated rings. The van der Waals surface area contributed by atoms with Gasteiger partial charge in [-0.1, -0.05) is 0 Å². The Bertz CT molecular complexity index is 926. The number of benzene rings is 2. The molecule has 1 heterocycles. The Kier molecular flexibility index (Phi) is 6.07. The van der Waals surface area contributed by atoms with E-state index in [1.54, 1.807) is 6.92 Å². The Hall–Kier alpha value is -2.36. The molecular weight excluding hydrogens is 388 g/mol. The number of hydrogen-bond donors (Lipinski definition) is 2. The van der Waals surface area contributed by atoms with Gasteiger partial charge in [-0.25, -0.2) is 17.2 Å². The summed E-state index contributed by atoms with van der Waals surface area (Å²) in [6, 6.07) is 9.88. The van der Waals surface area contributed by atoms with Gasteiger partial charge in [0.25, 0.3) is 5.91 Å². The molecule has 2 aromatic carbocycles. The fourth-order valence-corrected chi connectivity index (χ4v) is 4.61. The van der Waals surface area contributed by atoms with Crippen LogP contribution in [0.2, 0.25) is 0 Å². The first kappa shape index (κ1) is 20.4. The van der Waals surface area contributed by atoms with E-state index in [-0.39, 0.29) is 35.8 Å². The fourth-order valence-electron chi connectivity index (χ4n) is 3.17. The van der Waals surface area contributed by atoms with E-state index in [9.17, 15) is 22.0 Å². The Balaban J connectivity index is 1.58. The average Bonchev–Trinajstić information content (AvgIpc) is 2.69. The molecule has 3 rings (SSSR count). The van der Waals surface area contributed by atoms with Gasteiger partial charge in [0.1, 0.15) is 11.6 Å². The molecule has 2 N–H and O–H groups in total. The predicted molar refractivity (Wildman–Crippen MR) is 100 cm³/mol. The lowest BCUT2D eigenvalue weighted by molar-refractivity contribution is -0.917. The highest BCUT2D eigenvalue weighted by molar-refractivity contribution is 7.89. The first-order chi connectivity index (χ1) is 13.3. The lowest BCUT2D eigenvalue weighted by Crippen LogP contribution is -3.19. The summed E-state index contributed by atoms with van der Waals surface area (Å²) in [7, 11) is -3.68.